The van der Waals surface area contributed by atoms with Gasteiger partial charge in [-0.2, -0.15) is 13.2 Å². The molecule has 3 aromatic rings. The molecule has 2 aromatic heterocycles. The molecular formula is C25H30F3N5O3. The minimum atomic E-state index is -4.61. The fourth-order valence-corrected chi connectivity index (χ4v) is 4.46. The number of aromatic nitrogens is 2. The Kier molecular flexibility index (Phi) is 7.79. The number of nitrogens with two attached hydrogens (primary N) is 1. The van der Waals surface area contributed by atoms with Crippen LogP contribution in [0.2, 0.25) is 0 Å². The van der Waals surface area contributed by atoms with Crippen LogP contribution in [0.3, 0.4) is 0 Å². The van der Waals surface area contributed by atoms with Gasteiger partial charge in [-0.05, 0) is 44.0 Å². The highest BCUT2D eigenvalue weighted by molar-refractivity contribution is 5.98. The van der Waals surface area contributed by atoms with Gasteiger partial charge in [-0.3, -0.25) is 4.79 Å². The predicted molar refractivity (Wildman–Crippen MR) is 129 cm³/mol. The third-order valence-electron chi connectivity index (χ3n) is 6.29. The van der Waals surface area contributed by atoms with Gasteiger partial charge in [-0.1, -0.05) is 19.3 Å². The summed E-state index contributed by atoms with van der Waals surface area (Å²) in [7, 11) is 1.35. The molecule has 0 spiro atoms. The number of oxazole rings is 1. The molecule has 0 aliphatic heterocycles. The maximum absolute atomic E-state index is 13.2. The van der Waals surface area contributed by atoms with Crippen molar-refractivity contribution in [3.05, 3.63) is 41.4 Å². The molecule has 194 valence electrons. The van der Waals surface area contributed by atoms with Crippen LogP contribution in [-0.2, 0) is 6.18 Å². The van der Waals surface area contributed by atoms with Gasteiger partial charge >= 0.3 is 6.18 Å². The first kappa shape index (κ1) is 25.9. The molecule has 1 aromatic carbocycles. The molecule has 1 atom stereocenters. The summed E-state index contributed by atoms with van der Waals surface area (Å²) in [5.41, 5.74) is 5.41. The number of hydrogen-bond donors (Lipinski definition) is 3. The Balaban J connectivity index is 1.59. The average molecular weight is 506 g/mol. The topological polar surface area (TPSA) is 115 Å². The molecule has 0 saturated heterocycles. The van der Waals surface area contributed by atoms with Gasteiger partial charge in [0.2, 0.25) is 5.89 Å². The van der Waals surface area contributed by atoms with Crippen molar-refractivity contribution in [2.45, 2.75) is 57.3 Å². The molecule has 1 fully saturated rings. The number of fused-ring (bicyclic) bond motifs is 1. The summed E-state index contributed by atoms with van der Waals surface area (Å²) in [4.78, 5) is 21.0. The van der Waals surface area contributed by atoms with Crippen LogP contribution in [0.1, 0.15) is 67.0 Å². The molecule has 1 aliphatic rings. The number of amides is 1. The number of ether oxygens (including phenoxy) is 1. The van der Waals surface area contributed by atoms with Crippen molar-refractivity contribution >= 4 is 16.8 Å². The highest BCUT2D eigenvalue weighted by Gasteiger charge is 2.33. The molecule has 1 amide bonds. The van der Waals surface area contributed by atoms with Gasteiger partial charge in [0.05, 0.1) is 13.2 Å². The van der Waals surface area contributed by atoms with E-state index in [9.17, 15) is 18.0 Å². The number of rotatable bonds is 8. The van der Waals surface area contributed by atoms with Crippen LogP contribution in [0.4, 0.5) is 13.2 Å². The third-order valence-corrected chi connectivity index (χ3v) is 6.29. The number of alkyl halides is 3. The van der Waals surface area contributed by atoms with E-state index in [2.05, 4.69) is 20.6 Å². The van der Waals surface area contributed by atoms with E-state index in [4.69, 9.17) is 14.9 Å². The number of nitrogens with zero attached hydrogens (tertiary/aromatic N) is 2. The summed E-state index contributed by atoms with van der Waals surface area (Å²) in [6.07, 6.45) is 1.38. The number of hydrogen-bond acceptors (Lipinski definition) is 7. The Morgan fingerprint density at radius 2 is 1.92 bits per heavy atom. The van der Waals surface area contributed by atoms with Crippen molar-refractivity contribution in [3.8, 4) is 17.2 Å². The summed E-state index contributed by atoms with van der Waals surface area (Å²) in [5.74, 6) is -0.0196. The van der Waals surface area contributed by atoms with Crippen molar-refractivity contribution in [1.29, 1.82) is 0 Å². The molecule has 2 heterocycles. The van der Waals surface area contributed by atoms with Crippen LogP contribution in [0.25, 0.3) is 22.4 Å². The van der Waals surface area contributed by atoms with Gasteiger partial charge < -0.3 is 25.5 Å². The lowest BCUT2D eigenvalue weighted by atomic mass is 9.95. The molecule has 36 heavy (non-hydrogen) atoms. The van der Waals surface area contributed by atoms with Crippen molar-refractivity contribution in [3.63, 3.8) is 0 Å². The van der Waals surface area contributed by atoms with E-state index in [1.54, 1.807) is 13.0 Å². The molecule has 8 nitrogen and oxygen atoms in total. The molecule has 1 aliphatic carbocycles. The zero-order valence-corrected chi connectivity index (χ0v) is 20.2. The van der Waals surface area contributed by atoms with Crippen LogP contribution in [-0.4, -0.2) is 42.1 Å². The minimum Gasteiger partial charge on any atom is -0.494 e. The van der Waals surface area contributed by atoms with Crippen LogP contribution in [0.15, 0.2) is 28.7 Å². The zero-order valence-electron chi connectivity index (χ0n) is 20.2. The molecular weight excluding hydrogens is 475 g/mol. The molecule has 4 rings (SSSR count). The lowest BCUT2D eigenvalue weighted by molar-refractivity contribution is -0.140. The van der Waals surface area contributed by atoms with E-state index >= 15 is 0 Å². The van der Waals surface area contributed by atoms with E-state index in [1.807, 2.05) is 0 Å². The highest BCUT2D eigenvalue weighted by atomic mass is 19.4. The van der Waals surface area contributed by atoms with Gasteiger partial charge in [0.15, 0.2) is 11.5 Å². The van der Waals surface area contributed by atoms with E-state index < -0.39 is 23.8 Å². The summed E-state index contributed by atoms with van der Waals surface area (Å²) in [6, 6.07) is 5.10. The zero-order chi connectivity index (χ0) is 25.9. The van der Waals surface area contributed by atoms with E-state index in [-0.39, 0.29) is 28.6 Å². The fourth-order valence-electron chi connectivity index (χ4n) is 4.46. The minimum absolute atomic E-state index is 0.00478. The number of benzene rings is 1. The van der Waals surface area contributed by atoms with E-state index in [0.717, 1.165) is 18.9 Å². The second-order valence-corrected chi connectivity index (χ2v) is 8.97. The van der Waals surface area contributed by atoms with Gasteiger partial charge in [-0.25, -0.2) is 9.97 Å². The molecule has 0 radical (unpaired) electrons. The number of halogens is 3. The second-order valence-electron chi connectivity index (χ2n) is 8.97. The van der Waals surface area contributed by atoms with Crippen LogP contribution in [0.5, 0.6) is 5.75 Å². The Labute approximate surface area is 206 Å². The summed E-state index contributed by atoms with van der Waals surface area (Å²) in [6.45, 7) is 2.70. The van der Waals surface area contributed by atoms with Crippen molar-refractivity contribution in [1.82, 2.24) is 20.6 Å². The Morgan fingerprint density at radius 3 is 2.58 bits per heavy atom. The number of nitrogens with one attached hydrogen (secondary N) is 2. The van der Waals surface area contributed by atoms with E-state index in [0.29, 0.717) is 30.1 Å². The van der Waals surface area contributed by atoms with Gasteiger partial charge in [0, 0.05) is 30.1 Å². The van der Waals surface area contributed by atoms with Crippen LogP contribution < -0.4 is 21.1 Å². The number of methoxy groups -OCH3 is 1. The monoisotopic (exact) mass is 505 g/mol. The molecule has 11 heteroatoms. The smallest absolute Gasteiger partial charge is 0.433 e. The van der Waals surface area contributed by atoms with Crippen molar-refractivity contribution in [2.75, 3.05) is 20.2 Å². The fraction of sp³-hybridized carbons (Fsp3) is 0.480. The quantitative estimate of drug-likeness (QED) is 0.384. The largest absolute Gasteiger partial charge is 0.494 e. The maximum atomic E-state index is 13.2. The van der Waals surface area contributed by atoms with Gasteiger partial charge in [-0.15, -0.1) is 0 Å². The average Bonchev–Trinajstić information content (AvgIpc) is 3.31. The van der Waals surface area contributed by atoms with Gasteiger partial charge in [0.1, 0.15) is 17.0 Å². The summed E-state index contributed by atoms with van der Waals surface area (Å²) < 4.78 is 50.8. The standard InChI is InChI=1S/C25H30F3N5O3/c1-14(29)22-21(23(34)31-13-12-30-15-6-4-3-5-7-15)33-24(36-22)17-8-10-18(35-2)20-16(17)9-11-19(32-20)25(26,27)28/h8-11,14-15,30H,3-7,12-13,29H2,1-2H3,(H,31,34)/t14-/m0/s1. The lowest BCUT2D eigenvalue weighted by Gasteiger charge is -2.22. The molecule has 4 N–H and O–H groups in total. The first-order chi connectivity index (χ1) is 17.2. The van der Waals surface area contributed by atoms with Crippen molar-refractivity contribution < 1.29 is 27.1 Å². The number of pyridine rings is 1. The molecule has 0 unspecified atom stereocenters. The normalized spacial score (nSPS) is 15.7. The second kappa shape index (κ2) is 10.8. The summed E-state index contributed by atoms with van der Waals surface area (Å²) in [5, 5.41) is 6.64. The SMILES string of the molecule is COc1ccc(-c2nc(C(=O)NCCNC3CCCCC3)c([C@H](C)N)o2)c2ccc(C(F)(F)F)nc12. The third kappa shape index (κ3) is 5.62. The maximum Gasteiger partial charge on any atom is 0.433 e. The molecule has 0 bridgehead atoms. The Hall–Kier alpha value is -3.18. The van der Waals surface area contributed by atoms with Crippen molar-refractivity contribution in [2.24, 2.45) is 5.73 Å². The first-order valence-corrected chi connectivity index (χ1v) is 12.0. The summed E-state index contributed by atoms with van der Waals surface area (Å²) >= 11 is 0. The Bertz CT molecular complexity index is 1220. The molecule has 1 saturated carbocycles. The van der Waals surface area contributed by atoms with Crippen LogP contribution in [0, 0.1) is 0 Å². The first-order valence-electron chi connectivity index (χ1n) is 12.0. The van der Waals surface area contributed by atoms with E-state index in [1.165, 1.54) is 38.5 Å². The lowest BCUT2D eigenvalue weighted by Crippen LogP contribution is -2.38. The number of carbonyl (C=O) groups excluding carboxylic acids is 1. The number of carbonyl (C=O) groups is 1. The van der Waals surface area contributed by atoms with Gasteiger partial charge in [0.25, 0.3) is 5.91 Å². The highest BCUT2D eigenvalue weighted by Crippen LogP contribution is 2.37. The Morgan fingerprint density at radius 1 is 1.17 bits per heavy atom. The predicted octanol–water partition coefficient (Wildman–Crippen LogP) is 4.59. The van der Waals surface area contributed by atoms with Crippen LogP contribution >= 0.6 is 0 Å².